The topological polar surface area (TPSA) is 28.2 Å². The lowest BCUT2D eigenvalue weighted by Gasteiger charge is -2.30. The van der Waals surface area contributed by atoms with Crippen LogP contribution in [0.1, 0.15) is 47.2 Å². The van der Waals surface area contributed by atoms with Gasteiger partial charge in [-0.2, -0.15) is 0 Å². The van der Waals surface area contributed by atoms with Gasteiger partial charge in [-0.1, -0.05) is 33.8 Å². The van der Waals surface area contributed by atoms with E-state index in [2.05, 4.69) is 70.0 Å². The van der Waals surface area contributed by atoms with Gasteiger partial charge in [0.15, 0.2) is 0 Å². The van der Waals surface area contributed by atoms with E-state index in [-0.39, 0.29) is 0 Å². The zero-order valence-electron chi connectivity index (χ0n) is 14.0. The molecule has 1 N–H and O–H groups in total. The van der Waals surface area contributed by atoms with Crippen molar-refractivity contribution in [3.05, 3.63) is 23.9 Å². The molecule has 3 nitrogen and oxygen atoms in total. The van der Waals surface area contributed by atoms with Gasteiger partial charge in [0.05, 0.1) is 5.69 Å². The maximum atomic E-state index is 4.81. The smallest absolute Gasteiger partial charge is 0.129 e. The van der Waals surface area contributed by atoms with Crippen LogP contribution in [-0.4, -0.2) is 24.1 Å². The molecule has 0 atom stereocenters. The summed E-state index contributed by atoms with van der Waals surface area (Å²) in [5, 5.41) is 3.46. The Morgan fingerprint density at radius 2 is 1.75 bits per heavy atom. The molecule has 20 heavy (non-hydrogen) atoms. The quantitative estimate of drug-likeness (QED) is 0.785. The van der Waals surface area contributed by atoms with Gasteiger partial charge in [-0.05, 0) is 44.4 Å². The Bertz CT molecular complexity index is 386. The minimum Gasteiger partial charge on any atom is -0.354 e. The first kappa shape index (κ1) is 17.0. The molecule has 0 aromatic carbocycles. The maximum Gasteiger partial charge on any atom is 0.129 e. The van der Waals surface area contributed by atoms with Gasteiger partial charge in [-0.15, -0.1) is 0 Å². The van der Waals surface area contributed by atoms with Crippen LogP contribution >= 0.6 is 0 Å². The van der Waals surface area contributed by atoms with Crippen LogP contribution in [0.3, 0.4) is 0 Å². The van der Waals surface area contributed by atoms with Crippen molar-refractivity contribution in [2.45, 2.75) is 54.1 Å². The number of hydrogen-bond acceptors (Lipinski definition) is 3. The summed E-state index contributed by atoms with van der Waals surface area (Å²) in [4.78, 5) is 7.19. The number of hydrogen-bond donors (Lipinski definition) is 1. The lowest BCUT2D eigenvalue weighted by atomic mass is 10.1. The Morgan fingerprint density at radius 1 is 1.05 bits per heavy atom. The van der Waals surface area contributed by atoms with Crippen LogP contribution in [-0.2, 0) is 6.54 Å². The SMILES string of the molecule is CC(C)CNCc1cccc(N(CC(C)C)C(C)C)n1. The Balaban J connectivity index is 2.73. The van der Waals surface area contributed by atoms with Crippen molar-refractivity contribution in [2.75, 3.05) is 18.0 Å². The van der Waals surface area contributed by atoms with Gasteiger partial charge in [0.25, 0.3) is 0 Å². The fourth-order valence-corrected chi connectivity index (χ4v) is 2.18. The summed E-state index contributed by atoms with van der Waals surface area (Å²) in [5.74, 6) is 2.41. The molecule has 0 fully saturated rings. The Hall–Kier alpha value is -1.09. The van der Waals surface area contributed by atoms with Crippen molar-refractivity contribution in [1.29, 1.82) is 0 Å². The van der Waals surface area contributed by atoms with Gasteiger partial charge < -0.3 is 10.2 Å². The molecule has 1 heterocycles. The molecule has 114 valence electrons. The number of rotatable bonds is 8. The van der Waals surface area contributed by atoms with E-state index in [9.17, 15) is 0 Å². The van der Waals surface area contributed by atoms with Crippen molar-refractivity contribution in [2.24, 2.45) is 11.8 Å². The Morgan fingerprint density at radius 3 is 2.30 bits per heavy atom. The molecule has 0 unspecified atom stereocenters. The van der Waals surface area contributed by atoms with Crippen LogP contribution in [0.5, 0.6) is 0 Å². The van der Waals surface area contributed by atoms with Crippen LogP contribution in [0.25, 0.3) is 0 Å². The molecule has 1 aromatic heterocycles. The highest BCUT2D eigenvalue weighted by atomic mass is 15.2. The molecule has 0 bridgehead atoms. The molecule has 0 aliphatic rings. The average Bonchev–Trinajstić information content (AvgIpc) is 2.35. The maximum absolute atomic E-state index is 4.81. The monoisotopic (exact) mass is 277 g/mol. The molecule has 1 aromatic rings. The van der Waals surface area contributed by atoms with Crippen LogP contribution in [0.15, 0.2) is 18.2 Å². The third-order valence-corrected chi connectivity index (χ3v) is 3.13. The second-order valence-corrected chi connectivity index (χ2v) is 6.65. The van der Waals surface area contributed by atoms with E-state index in [0.717, 1.165) is 31.1 Å². The van der Waals surface area contributed by atoms with E-state index in [1.54, 1.807) is 0 Å². The average molecular weight is 277 g/mol. The van der Waals surface area contributed by atoms with Crippen molar-refractivity contribution in [1.82, 2.24) is 10.3 Å². The molecule has 0 spiro atoms. The molecule has 0 saturated carbocycles. The van der Waals surface area contributed by atoms with E-state index in [1.165, 1.54) is 0 Å². The molecule has 3 heteroatoms. The zero-order chi connectivity index (χ0) is 15.1. The highest BCUT2D eigenvalue weighted by molar-refractivity contribution is 5.40. The minimum absolute atomic E-state index is 0.476. The molecular weight excluding hydrogens is 246 g/mol. The number of nitrogens with one attached hydrogen (secondary N) is 1. The third kappa shape index (κ3) is 5.91. The first-order chi connectivity index (χ1) is 9.40. The number of anilines is 1. The first-order valence-electron chi connectivity index (χ1n) is 7.83. The molecule has 0 aliphatic heterocycles. The lowest BCUT2D eigenvalue weighted by Crippen LogP contribution is -2.35. The van der Waals surface area contributed by atoms with Gasteiger partial charge >= 0.3 is 0 Å². The summed E-state index contributed by atoms with van der Waals surface area (Å²) in [6.07, 6.45) is 0. The van der Waals surface area contributed by atoms with E-state index in [4.69, 9.17) is 4.98 Å². The second kappa shape index (κ2) is 8.25. The van der Waals surface area contributed by atoms with E-state index in [0.29, 0.717) is 17.9 Å². The normalized spacial score (nSPS) is 11.7. The van der Waals surface area contributed by atoms with Gasteiger partial charge in [0.1, 0.15) is 5.82 Å². The van der Waals surface area contributed by atoms with Crippen molar-refractivity contribution in [3.8, 4) is 0 Å². The highest BCUT2D eigenvalue weighted by Crippen LogP contribution is 2.16. The fraction of sp³-hybridized carbons (Fsp3) is 0.706. The van der Waals surface area contributed by atoms with E-state index < -0.39 is 0 Å². The summed E-state index contributed by atoms with van der Waals surface area (Å²) < 4.78 is 0. The van der Waals surface area contributed by atoms with Gasteiger partial charge in [-0.25, -0.2) is 4.98 Å². The van der Waals surface area contributed by atoms with Crippen LogP contribution in [0.2, 0.25) is 0 Å². The largest absolute Gasteiger partial charge is 0.354 e. The van der Waals surface area contributed by atoms with Crippen LogP contribution in [0, 0.1) is 11.8 Å². The lowest BCUT2D eigenvalue weighted by molar-refractivity contribution is 0.544. The predicted octanol–water partition coefficient (Wildman–Crippen LogP) is 3.70. The Kier molecular flexibility index (Phi) is 7.00. The Labute approximate surface area is 124 Å². The summed E-state index contributed by atoms with van der Waals surface area (Å²) >= 11 is 0. The fourth-order valence-electron chi connectivity index (χ4n) is 2.18. The van der Waals surface area contributed by atoms with Gasteiger partial charge in [0, 0.05) is 19.1 Å². The number of nitrogens with zero attached hydrogens (tertiary/aromatic N) is 2. The van der Waals surface area contributed by atoms with Gasteiger partial charge in [0.2, 0.25) is 0 Å². The van der Waals surface area contributed by atoms with Crippen molar-refractivity contribution < 1.29 is 0 Å². The van der Waals surface area contributed by atoms with Gasteiger partial charge in [-0.3, -0.25) is 0 Å². The summed E-state index contributed by atoms with van der Waals surface area (Å²) in [5.41, 5.74) is 1.12. The van der Waals surface area contributed by atoms with E-state index in [1.807, 2.05) is 0 Å². The highest BCUT2D eigenvalue weighted by Gasteiger charge is 2.13. The van der Waals surface area contributed by atoms with E-state index >= 15 is 0 Å². The second-order valence-electron chi connectivity index (χ2n) is 6.65. The molecule has 0 saturated heterocycles. The summed E-state index contributed by atoms with van der Waals surface area (Å²) in [6.45, 7) is 16.3. The molecule has 1 rings (SSSR count). The van der Waals surface area contributed by atoms with Crippen LogP contribution in [0.4, 0.5) is 5.82 Å². The summed E-state index contributed by atoms with van der Waals surface area (Å²) in [7, 11) is 0. The molecular formula is C17H31N3. The zero-order valence-corrected chi connectivity index (χ0v) is 14.0. The molecule has 0 amide bonds. The standard InChI is InChI=1S/C17H31N3/c1-13(2)10-18-11-16-8-7-9-17(19-16)20(15(5)6)12-14(3)4/h7-9,13-15,18H,10-12H2,1-6H3. The van der Waals surface area contributed by atoms with Crippen molar-refractivity contribution >= 4 is 5.82 Å². The number of aromatic nitrogens is 1. The number of pyridine rings is 1. The predicted molar refractivity (Wildman–Crippen MR) is 88.1 cm³/mol. The first-order valence-corrected chi connectivity index (χ1v) is 7.83. The third-order valence-electron chi connectivity index (χ3n) is 3.13. The minimum atomic E-state index is 0.476. The van der Waals surface area contributed by atoms with Crippen LogP contribution < -0.4 is 10.2 Å². The summed E-state index contributed by atoms with van der Waals surface area (Å²) in [6, 6.07) is 6.81. The molecule has 0 radical (unpaired) electrons. The van der Waals surface area contributed by atoms with Crippen molar-refractivity contribution in [3.63, 3.8) is 0 Å². The molecule has 0 aliphatic carbocycles.